The van der Waals surface area contributed by atoms with E-state index in [1.54, 1.807) is 23.2 Å². The van der Waals surface area contributed by atoms with Crippen molar-refractivity contribution < 1.29 is 14.3 Å². The fourth-order valence-corrected chi connectivity index (χ4v) is 4.35. The number of anilines is 1. The molecule has 138 valence electrons. The van der Waals surface area contributed by atoms with Crippen molar-refractivity contribution in [1.29, 1.82) is 0 Å². The van der Waals surface area contributed by atoms with E-state index in [1.807, 2.05) is 23.1 Å². The standard InChI is InChI=1S/C18H22N4O3S/c1-2-25-18(24)21-9-7-20(8-10-21)16(23)13-11-22(12-13)17-19-14-5-3-4-6-15(14)26-17/h3-6,13H,2,7-12H2,1H3. The molecule has 0 radical (unpaired) electrons. The van der Waals surface area contributed by atoms with Gasteiger partial charge in [-0.1, -0.05) is 23.5 Å². The molecule has 2 saturated heterocycles. The maximum absolute atomic E-state index is 12.7. The van der Waals surface area contributed by atoms with E-state index in [0.717, 1.165) is 23.7 Å². The number of carbonyl (C=O) groups is 2. The number of para-hydroxylation sites is 1. The molecule has 1 aromatic heterocycles. The van der Waals surface area contributed by atoms with E-state index < -0.39 is 0 Å². The van der Waals surface area contributed by atoms with Gasteiger partial charge < -0.3 is 19.4 Å². The Labute approximate surface area is 156 Å². The number of hydrogen-bond donors (Lipinski definition) is 0. The minimum absolute atomic E-state index is 0.0242. The molecule has 2 aromatic rings. The van der Waals surface area contributed by atoms with Crippen LogP contribution in [0.4, 0.5) is 9.93 Å². The minimum Gasteiger partial charge on any atom is -0.450 e. The van der Waals surface area contributed by atoms with Crippen molar-refractivity contribution in [3.8, 4) is 0 Å². The van der Waals surface area contributed by atoms with Gasteiger partial charge in [0.2, 0.25) is 5.91 Å². The van der Waals surface area contributed by atoms with Crippen LogP contribution in [-0.2, 0) is 9.53 Å². The van der Waals surface area contributed by atoms with Gasteiger partial charge in [-0.05, 0) is 19.1 Å². The van der Waals surface area contributed by atoms with Gasteiger partial charge in [0.25, 0.3) is 0 Å². The maximum Gasteiger partial charge on any atom is 0.409 e. The van der Waals surface area contributed by atoms with Crippen molar-refractivity contribution >= 4 is 38.7 Å². The number of hydrogen-bond acceptors (Lipinski definition) is 6. The second-order valence-corrected chi connectivity index (χ2v) is 7.59. The molecule has 0 N–H and O–H groups in total. The van der Waals surface area contributed by atoms with E-state index in [1.165, 1.54) is 4.70 Å². The summed E-state index contributed by atoms with van der Waals surface area (Å²) in [6, 6.07) is 8.09. The Kier molecular flexibility index (Phi) is 4.67. The molecule has 2 aliphatic rings. The van der Waals surface area contributed by atoms with Gasteiger partial charge in [-0.25, -0.2) is 9.78 Å². The van der Waals surface area contributed by atoms with Gasteiger partial charge in [-0.3, -0.25) is 4.79 Å². The summed E-state index contributed by atoms with van der Waals surface area (Å²) in [5.41, 5.74) is 1.01. The molecule has 2 aliphatic heterocycles. The zero-order valence-electron chi connectivity index (χ0n) is 14.8. The van der Waals surface area contributed by atoms with E-state index >= 15 is 0 Å². The lowest BCUT2D eigenvalue weighted by molar-refractivity contribution is -0.138. The van der Waals surface area contributed by atoms with E-state index in [-0.39, 0.29) is 17.9 Å². The summed E-state index contributed by atoms with van der Waals surface area (Å²) in [4.78, 5) is 34.8. The van der Waals surface area contributed by atoms with Gasteiger partial charge in [-0.15, -0.1) is 0 Å². The zero-order chi connectivity index (χ0) is 18.1. The molecule has 2 amide bonds. The first kappa shape index (κ1) is 17.1. The Balaban J connectivity index is 1.29. The lowest BCUT2D eigenvalue weighted by Crippen LogP contribution is -2.58. The number of fused-ring (bicyclic) bond motifs is 1. The Morgan fingerprint density at radius 2 is 1.85 bits per heavy atom. The molecule has 0 unspecified atom stereocenters. The van der Waals surface area contributed by atoms with Crippen molar-refractivity contribution in [1.82, 2.24) is 14.8 Å². The number of aromatic nitrogens is 1. The van der Waals surface area contributed by atoms with Crippen LogP contribution in [0.3, 0.4) is 0 Å². The summed E-state index contributed by atoms with van der Waals surface area (Å²) in [5.74, 6) is 0.210. The largest absolute Gasteiger partial charge is 0.450 e. The second-order valence-electron chi connectivity index (χ2n) is 6.58. The van der Waals surface area contributed by atoms with Crippen molar-refractivity contribution in [3.05, 3.63) is 24.3 Å². The fourth-order valence-electron chi connectivity index (χ4n) is 3.37. The van der Waals surface area contributed by atoms with Crippen LogP contribution in [0.25, 0.3) is 10.2 Å². The number of ether oxygens (including phenoxy) is 1. The SMILES string of the molecule is CCOC(=O)N1CCN(C(=O)C2CN(c3nc4ccccc4s3)C2)CC1. The highest BCUT2D eigenvalue weighted by molar-refractivity contribution is 7.22. The van der Waals surface area contributed by atoms with E-state index in [0.29, 0.717) is 32.8 Å². The third-order valence-electron chi connectivity index (χ3n) is 4.90. The summed E-state index contributed by atoms with van der Waals surface area (Å²) < 4.78 is 6.19. The Bertz CT molecular complexity index is 777. The number of nitrogens with zero attached hydrogens (tertiary/aromatic N) is 4. The highest BCUT2D eigenvalue weighted by Gasteiger charge is 2.38. The molecule has 3 heterocycles. The molecule has 0 aliphatic carbocycles. The second kappa shape index (κ2) is 7.11. The van der Waals surface area contributed by atoms with Gasteiger partial charge in [0.1, 0.15) is 0 Å². The van der Waals surface area contributed by atoms with Crippen LogP contribution in [0.1, 0.15) is 6.92 Å². The van der Waals surface area contributed by atoms with Gasteiger partial charge in [0.05, 0.1) is 22.7 Å². The molecule has 0 atom stereocenters. The van der Waals surface area contributed by atoms with Gasteiger partial charge in [0.15, 0.2) is 5.13 Å². The Morgan fingerprint density at radius 1 is 1.15 bits per heavy atom. The third-order valence-corrected chi connectivity index (χ3v) is 6.00. The maximum atomic E-state index is 12.7. The van der Waals surface area contributed by atoms with Crippen molar-refractivity contribution in [3.63, 3.8) is 0 Å². The first-order valence-electron chi connectivity index (χ1n) is 8.96. The van der Waals surface area contributed by atoms with E-state index in [2.05, 4.69) is 16.0 Å². The highest BCUT2D eigenvalue weighted by Crippen LogP contribution is 2.33. The predicted octanol–water partition coefficient (Wildman–Crippen LogP) is 2.03. The number of rotatable bonds is 3. The van der Waals surface area contributed by atoms with Crippen LogP contribution in [-0.4, -0.2) is 72.7 Å². The van der Waals surface area contributed by atoms with Crippen LogP contribution in [0.2, 0.25) is 0 Å². The third kappa shape index (κ3) is 3.21. The number of benzene rings is 1. The molecule has 0 saturated carbocycles. The van der Waals surface area contributed by atoms with Gasteiger partial charge >= 0.3 is 6.09 Å². The van der Waals surface area contributed by atoms with Crippen LogP contribution >= 0.6 is 11.3 Å². The lowest BCUT2D eigenvalue weighted by Gasteiger charge is -2.42. The minimum atomic E-state index is -0.287. The molecule has 2 fully saturated rings. The molecule has 0 spiro atoms. The van der Waals surface area contributed by atoms with Crippen LogP contribution < -0.4 is 4.90 Å². The summed E-state index contributed by atoms with van der Waals surface area (Å²) >= 11 is 1.67. The summed E-state index contributed by atoms with van der Waals surface area (Å²) in [6.45, 7) is 5.85. The molecular weight excluding hydrogens is 352 g/mol. The lowest BCUT2D eigenvalue weighted by atomic mass is 9.99. The Morgan fingerprint density at radius 3 is 2.54 bits per heavy atom. The number of amides is 2. The van der Waals surface area contributed by atoms with Crippen molar-refractivity contribution in [2.45, 2.75) is 6.92 Å². The predicted molar refractivity (Wildman–Crippen MR) is 100 cm³/mol. The monoisotopic (exact) mass is 374 g/mol. The van der Waals surface area contributed by atoms with E-state index in [4.69, 9.17) is 4.74 Å². The topological polar surface area (TPSA) is 66.0 Å². The molecule has 7 nitrogen and oxygen atoms in total. The summed E-state index contributed by atoms with van der Waals surface area (Å²) in [5, 5.41) is 0.988. The normalized spacial score (nSPS) is 18.1. The highest BCUT2D eigenvalue weighted by atomic mass is 32.1. The average Bonchev–Trinajstić information content (AvgIpc) is 3.04. The zero-order valence-corrected chi connectivity index (χ0v) is 15.6. The number of thiazole rings is 1. The van der Waals surface area contributed by atoms with Gasteiger partial charge in [0, 0.05) is 39.3 Å². The quantitative estimate of drug-likeness (QED) is 0.823. The molecule has 8 heteroatoms. The van der Waals surface area contributed by atoms with E-state index in [9.17, 15) is 9.59 Å². The molecule has 26 heavy (non-hydrogen) atoms. The van der Waals surface area contributed by atoms with Gasteiger partial charge in [-0.2, -0.15) is 0 Å². The summed E-state index contributed by atoms with van der Waals surface area (Å²) in [7, 11) is 0. The number of piperazine rings is 1. The van der Waals surface area contributed by atoms with Crippen LogP contribution in [0.15, 0.2) is 24.3 Å². The molecule has 0 bridgehead atoms. The van der Waals surface area contributed by atoms with Crippen molar-refractivity contribution in [2.75, 3.05) is 50.8 Å². The molecular formula is C18H22N4O3S. The number of carbonyl (C=O) groups excluding carboxylic acids is 2. The smallest absolute Gasteiger partial charge is 0.409 e. The fraction of sp³-hybridized carbons (Fsp3) is 0.500. The van der Waals surface area contributed by atoms with Crippen LogP contribution in [0, 0.1) is 5.92 Å². The van der Waals surface area contributed by atoms with Crippen molar-refractivity contribution in [2.24, 2.45) is 5.92 Å². The molecule has 4 rings (SSSR count). The molecule has 1 aromatic carbocycles. The Hall–Kier alpha value is -2.35. The first-order chi connectivity index (χ1) is 12.7. The average molecular weight is 374 g/mol. The van der Waals surface area contributed by atoms with Crippen LogP contribution in [0.5, 0.6) is 0 Å². The first-order valence-corrected chi connectivity index (χ1v) is 9.78. The summed E-state index contributed by atoms with van der Waals surface area (Å²) in [6.07, 6.45) is -0.287.